The van der Waals surface area contributed by atoms with Gasteiger partial charge >= 0.3 is 6.18 Å². The number of nitrogens with zero attached hydrogens (tertiary/aromatic N) is 5. The van der Waals surface area contributed by atoms with Crippen molar-refractivity contribution in [1.82, 2.24) is 19.2 Å². The molecular weight excluding hydrogens is 532 g/mol. The number of nitriles is 1. The highest BCUT2D eigenvalue weighted by molar-refractivity contribution is 7.99. The van der Waals surface area contributed by atoms with E-state index in [0.29, 0.717) is 16.4 Å². The van der Waals surface area contributed by atoms with Crippen molar-refractivity contribution in [3.05, 3.63) is 88.2 Å². The van der Waals surface area contributed by atoms with E-state index < -0.39 is 11.7 Å². The van der Waals surface area contributed by atoms with Gasteiger partial charge in [0.2, 0.25) is 0 Å². The Morgan fingerprint density at radius 1 is 1.00 bits per heavy atom. The standard InChI is InChI=1S/C24H13Cl2F3N6S/c25-15-10-14(24(27,28)29)11-16(26)20(15)35-22(31)21(17(12-30)33-35)36-23-19(13-6-2-1-3-7-13)32-18-8-4-5-9-34(18)23/h1-11H,31H2. The molecule has 36 heavy (non-hydrogen) atoms. The average molecular weight is 545 g/mol. The number of anilines is 1. The molecule has 6 nitrogen and oxygen atoms in total. The molecule has 0 aliphatic rings. The molecule has 0 fully saturated rings. The summed E-state index contributed by atoms with van der Waals surface area (Å²) in [7, 11) is 0. The van der Waals surface area contributed by atoms with Crippen LogP contribution in [0.4, 0.5) is 19.0 Å². The molecule has 0 amide bonds. The molecular formula is C24H13Cl2F3N6S. The van der Waals surface area contributed by atoms with Crippen LogP contribution in [0, 0.1) is 11.3 Å². The van der Waals surface area contributed by atoms with Gasteiger partial charge < -0.3 is 5.73 Å². The van der Waals surface area contributed by atoms with Crippen LogP contribution in [-0.2, 0) is 6.18 Å². The van der Waals surface area contributed by atoms with Gasteiger partial charge in [-0.25, -0.2) is 9.67 Å². The number of benzene rings is 2. The maximum absolute atomic E-state index is 13.2. The van der Waals surface area contributed by atoms with Crippen molar-refractivity contribution in [2.45, 2.75) is 16.1 Å². The molecule has 5 aromatic rings. The van der Waals surface area contributed by atoms with Crippen LogP contribution in [0.3, 0.4) is 0 Å². The number of pyridine rings is 1. The fraction of sp³-hybridized carbons (Fsp3) is 0.0417. The number of hydrogen-bond acceptors (Lipinski definition) is 5. The summed E-state index contributed by atoms with van der Waals surface area (Å²) in [5.74, 6) is -0.00926. The van der Waals surface area contributed by atoms with E-state index in [2.05, 4.69) is 5.10 Å². The molecule has 3 heterocycles. The number of nitrogen functional groups attached to an aromatic ring is 1. The number of imidazole rings is 1. The lowest BCUT2D eigenvalue weighted by molar-refractivity contribution is -0.137. The Hall–Kier alpha value is -3.65. The van der Waals surface area contributed by atoms with Crippen LogP contribution in [0.1, 0.15) is 11.3 Å². The van der Waals surface area contributed by atoms with Gasteiger partial charge in [-0.15, -0.1) is 0 Å². The van der Waals surface area contributed by atoms with E-state index in [0.717, 1.165) is 34.1 Å². The monoisotopic (exact) mass is 544 g/mol. The number of rotatable bonds is 4. The summed E-state index contributed by atoms with van der Waals surface area (Å²) in [6, 6.07) is 18.5. The van der Waals surface area contributed by atoms with Gasteiger partial charge in [0.1, 0.15) is 33.9 Å². The van der Waals surface area contributed by atoms with E-state index in [1.54, 1.807) is 0 Å². The Morgan fingerprint density at radius 2 is 1.67 bits per heavy atom. The topological polar surface area (TPSA) is 84.9 Å². The maximum atomic E-state index is 13.2. The van der Waals surface area contributed by atoms with Gasteiger partial charge in [0.25, 0.3) is 0 Å². The summed E-state index contributed by atoms with van der Waals surface area (Å²) in [5.41, 5.74) is 7.45. The number of halogens is 5. The fourth-order valence-electron chi connectivity index (χ4n) is 3.64. The zero-order valence-electron chi connectivity index (χ0n) is 18.0. The first kappa shape index (κ1) is 24.1. The van der Waals surface area contributed by atoms with Crippen molar-refractivity contribution in [3.63, 3.8) is 0 Å². The first-order valence-electron chi connectivity index (χ1n) is 10.2. The van der Waals surface area contributed by atoms with Crippen molar-refractivity contribution in [2.24, 2.45) is 0 Å². The molecule has 2 N–H and O–H groups in total. The number of hydrogen-bond donors (Lipinski definition) is 1. The zero-order chi connectivity index (χ0) is 25.6. The molecule has 2 aromatic carbocycles. The van der Waals surface area contributed by atoms with Gasteiger partial charge in [-0.2, -0.15) is 23.5 Å². The lowest BCUT2D eigenvalue weighted by Crippen LogP contribution is -2.08. The Balaban J connectivity index is 1.67. The molecule has 180 valence electrons. The highest BCUT2D eigenvalue weighted by Gasteiger charge is 2.33. The fourth-order valence-corrected chi connectivity index (χ4v) is 5.37. The molecule has 0 atom stereocenters. The molecule has 0 spiro atoms. The molecule has 0 aliphatic carbocycles. The smallest absolute Gasteiger partial charge is 0.383 e. The Bertz CT molecular complexity index is 1630. The third kappa shape index (κ3) is 4.15. The van der Waals surface area contributed by atoms with Crippen LogP contribution in [0.5, 0.6) is 0 Å². The summed E-state index contributed by atoms with van der Waals surface area (Å²) in [5, 5.41) is 14.0. The largest absolute Gasteiger partial charge is 0.416 e. The lowest BCUT2D eigenvalue weighted by atomic mass is 10.2. The molecule has 0 bridgehead atoms. The lowest BCUT2D eigenvalue weighted by Gasteiger charge is -2.13. The minimum absolute atomic E-state index is 0.00926. The first-order valence-corrected chi connectivity index (χ1v) is 11.8. The van der Waals surface area contributed by atoms with E-state index in [9.17, 15) is 18.4 Å². The van der Waals surface area contributed by atoms with Gasteiger partial charge in [0.15, 0.2) is 5.69 Å². The number of nitrogens with two attached hydrogens (primary N) is 1. The third-order valence-corrected chi connectivity index (χ3v) is 7.04. The van der Waals surface area contributed by atoms with E-state index in [-0.39, 0.29) is 32.1 Å². The number of aromatic nitrogens is 4. The first-order chi connectivity index (χ1) is 17.2. The van der Waals surface area contributed by atoms with Crippen molar-refractivity contribution < 1.29 is 13.2 Å². The second-order valence-electron chi connectivity index (χ2n) is 7.54. The van der Waals surface area contributed by atoms with E-state index in [4.69, 9.17) is 33.9 Å². The summed E-state index contributed by atoms with van der Waals surface area (Å²) in [6.45, 7) is 0. The molecule has 0 saturated carbocycles. The van der Waals surface area contributed by atoms with Gasteiger partial charge in [0.05, 0.1) is 20.5 Å². The van der Waals surface area contributed by atoms with Gasteiger partial charge in [-0.05, 0) is 24.3 Å². The highest BCUT2D eigenvalue weighted by atomic mass is 35.5. The summed E-state index contributed by atoms with van der Waals surface area (Å²) >= 11 is 13.5. The third-order valence-electron chi connectivity index (χ3n) is 5.27. The van der Waals surface area contributed by atoms with Crippen LogP contribution < -0.4 is 5.73 Å². The Morgan fingerprint density at radius 3 is 2.31 bits per heavy atom. The van der Waals surface area contributed by atoms with E-state index in [1.807, 2.05) is 65.2 Å². The number of alkyl halides is 3. The second kappa shape index (κ2) is 9.09. The van der Waals surface area contributed by atoms with Gasteiger partial charge in [-0.1, -0.05) is 71.4 Å². The SMILES string of the molecule is N#Cc1nn(-c2c(Cl)cc(C(F)(F)F)cc2Cl)c(N)c1Sc1c(-c2ccccc2)nc2ccccn12. The van der Waals surface area contributed by atoms with Crippen LogP contribution in [0.25, 0.3) is 22.6 Å². The van der Waals surface area contributed by atoms with Crippen LogP contribution in [-0.4, -0.2) is 19.2 Å². The molecule has 0 aliphatic heterocycles. The molecule has 0 unspecified atom stereocenters. The summed E-state index contributed by atoms with van der Waals surface area (Å²) < 4.78 is 42.5. The second-order valence-corrected chi connectivity index (χ2v) is 9.35. The van der Waals surface area contributed by atoms with Crippen molar-refractivity contribution in [3.8, 4) is 23.0 Å². The van der Waals surface area contributed by atoms with E-state index >= 15 is 0 Å². The average Bonchev–Trinajstić information content (AvgIpc) is 3.37. The minimum atomic E-state index is -4.64. The maximum Gasteiger partial charge on any atom is 0.416 e. The van der Waals surface area contributed by atoms with Crippen molar-refractivity contribution in [2.75, 3.05) is 5.73 Å². The molecule has 5 rings (SSSR count). The van der Waals surface area contributed by atoms with Crippen molar-refractivity contribution in [1.29, 1.82) is 5.26 Å². The van der Waals surface area contributed by atoms with Gasteiger partial charge in [0, 0.05) is 11.8 Å². The number of fused-ring (bicyclic) bond motifs is 1. The minimum Gasteiger partial charge on any atom is -0.383 e. The summed E-state index contributed by atoms with van der Waals surface area (Å²) in [4.78, 5) is 5.02. The van der Waals surface area contributed by atoms with Crippen LogP contribution in [0.2, 0.25) is 10.0 Å². The molecule has 3 aromatic heterocycles. The van der Waals surface area contributed by atoms with Crippen molar-refractivity contribution >= 4 is 46.4 Å². The predicted molar refractivity (Wildman–Crippen MR) is 132 cm³/mol. The Labute approximate surface area is 216 Å². The molecule has 0 saturated heterocycles. The van der Waals surface area contributed by atoms with Crippen LogP contribution in [0.15, 0.2) is 76.8 Å². The molecule has 0 radical (unpaired) electrons. The summed E-state index contributed by atoms with van der Waals surface area (Å²) in [6.07, 6.45) is -2.81. The van der Waals surface area contributed by atoms with Crippen LogP contribution >= 0.6 is 35.0 Å². The van der Waals surface area contributed by atoms with E-state index in [1.165, 1.54) is 0 Å². The highest BCUT2D eigenvalue weighted by Crippen LogP contribution is 2.43. The quantitative estimate of drug-likeness (QED) is 0.260. The van der Waals surface area contributed by atoms with Gasteiger partial charge in [-0.3, -0.25) is 4.40 Å². The Kier molecular flexibility index (Phi) is 6.08. The molecule has 12 heteroatoms. The predicted octanol–water partition coefficient (Wildman–Crippen LogP) is 7.12. The zero-order valence-corrected chi connectivity index (χ0v) is 20.3. The normalized spacial score (nSPS) is 11.7.